The molecule has 0 N–H and O–H groups in total. The molecule has 2 heteroatoms. The maximum atomic E-state index is 6.79. The summed E-state index contributed by atoms with van der Waals surface area (Å²) in [6, 6.07) is 79.3. The molecule has 0 spiro atoms. The zero-order valence-corrected chi connectivity index (χ0v) is 37.0. The normalized spacial score (nSPS) is 12.1. The summed E-state index contributed by atoms with van der Waals surface area (Å²) < 4.78 is 9.19. The van der Waals surface area contributed by atoms with Gasteiger partial charge in [0.15, 0.2) is 0 Å². The maximum absolute atomic E-state index is 6.79. The van der Waals surface area contributed by atoms with Gasteiger partial charge in [0.05, 0.1) is 11.0 Å². The van der Waals surface area contributed by atoms with E-state index >= 15 is 0 Å². The maximum Gasteiger partial charge on any atom is 0.135 e. The first-order chi connectivity index (χ1) is 33.1. The van der Waals surface area contributed by atoms with Crippen molar-refractivity contribution in [2.45, 2.75) is 6.92 Å². The molecule has 11 aromatic carbocycles. The van der Waals surface area contributed by atoms with Gasteiger partial charge in [-0.05, 0) is 137 Å². The molecule has 0 unspecified atom stereocenters. The van der Waals surface area contributed by atoms with Crippen molar-refractivity contribution in [3.63, 3.8) is 0 Å². The van der Waals surface area contributed by atoms with Crippen molar-refractivity contribution in [1.29, 1.82) is 0 Å². The number of nitrogens with zero attached hydrogens (tertiary/aromatic N) is 1. The number of para-hydroxylation sites is 2. The molecule has 2 nitrogen and oxygen atoms in total. The van der Waals surface area contributed by atoms with Crippen molar-refractivity contribution < 1.29 is 4.42 Å². The average molecular weight is 854 g/mol. The second-order valence-corrected chi connectivity index (χ2v) is 17.6. The van der Waals surface area contributed by atoms with Crippen LogP contribution < -0.4 is 0 Å². The molecule has 67 heavy (non-hydrogen) atoms. The Kier molecular flexibility index (Phi) is 8.94. The summed E-state index contributed by atoms with van der Waals surface area (Å²) >= 11 is 0. The third-order valence-electron chi connectivity index (χ3n) is 13.9. The minimum absolute atomic E-state index is 0.799. The van der Waals surface area contributed by atoms with Crippen molar-refractivity contribution in [2.24, 2.45) is 0 Å². The summed E-state index contributed by atoms with van der Waals surface area (Å²) in [5.74, 6) is 0.799. The topological polar surface area (TPSA) is 18.1 Å². The third-order valence-corrected chi connectivity index (χ3v) is 13.9. The van der Waals surface area contributed by atoms with Gasteiger partial charge < -0.3 is 8.98 Å². The van der Waals surface area contributed by atoms with E-state index in [1.165, 1.54) is 98.3 Å². The van der Waals surface area contributed by atoms with Crippen LogP contribution in [0.15, 0.2) is 229 Å². The molecule has 0 aliphatic carbocycles. The molecule has 0 aliphatic rings. The highest BCUT2D eigenvalue weighted by molar-refractivity contribution is 6.23. The zero-order valence-electron chi connectivity index (χ0n) is 37.0. The van der Waals surface area contributed by atoms with Crippen LogP contribution in [0.5, 0.6) is 0 Å². The molecule has 0 saturated carbocycles. The Morgan fingerprint density at radius 1 is 0.403 bits per heavy atom. The van der Waals surface area contributed by atoms with Gasteiger partial charge in [0.2, 0.25) is 0 Å². The van der Waals surface area contributed by atoms with E-state index in [2.05, 4.69) is 243 Å². The number of rotatable bonds is 7. The van der Waals surface area contributed by atoms with E-state index in [9.17, 15) is 0 Å². The SMILES string of the molecule is C=Cc1c(/C=C(\C)c2c3ccccc3c(-c3ccccc3)c3ccccc23)oc2ccc(-c3c4ccccc4c(-c4cccc(-n5c6ccccc6c6ccccc65)c4)c4ccccc34)cc12. The number of allylic oxidation sites excluding steroid dienone is 1. The molecule has 314 valence electrons. The van der Waals surface area contributed by atoms with Gasteiger partial charge in [0, 0.05) is 27.4 Å². The summed E-state index contributed by atoms with van der Waals surface area (Å²) in [4.78, 5) is 0. The first-order valence-electron chi connectivity index (χ1n) is 23.0. The lowest BCUT2D eigenvalue weighted by molar-refractivity contribution is 0.603. The van der Waals surface area contributed by atoms with Gasteiger partial charge in [0.25, 0.3) is 0 Å². The molecule has 0 aliphatic heterocycles. The van der Waals surface area contributed by atoms with Crippen LogP contribution in [0.2, 0.25) is 0 Å². The summed E-state index contributed by atoms with van der Waals surface area (Å²) in [5, 5.41) is 13.3. The van der Waals surface area contributed by atoms with Crippen molar-refractivity contribution >= 4 is 93.6 Å². The molecule has 13 aromatic rings. The van der Waals surface area contributed by atoms with Crippen molar-refractivity contribution in [3.05, 3.63) is 242 Å². The number of benzene rings is 11. The minimum atomic E-state index is 0.799. The molecule has 2 heterocycles. The molecule has 0 fully saturated rings. The summed E-state index contributed by atoms with van der Waals surface area (Å²) in [7, 11) is 0. The van der Waals surface area contributed by atoms with Gasteiger partial charge in [-0.2, -0.15) is 0 Å². The van der Waals surface area contributed by atoms with Crippen LogP contribution in [0.4, 0.5) is 0 Å². The van der Waals surface area contributed by atoms with Crippen LogP contribution in [0.1, 0.15) is 23.8 Å². The lowest BCUT2D eigenvalue weighted by Crippen LogP contribution is -1.95. The van der Waals surface area contributed by atoms with E-state index < -0.39 is 0 Å². The van der Waals surface area contributed by atoms with Gasteiger partial charge in [-0.15, -0.1) is 0 Å². The predicted molar refractivity (Wildman–Crippen MR) is 287 cm³/mol. The fourth-order valence-electron chi connectivity index (χ4n) is 11.1. The lowest BCUT2D eigenvalue weighted by atomic mass is 9.85. The Hall–Kier alpha value is -8.72. The highest BCUT2D eigenvalue weighted by Gasteiger charge is 2.21. The standard InChI is InChI=1S/C65H43NO/c1-3-46-57-40-44(36-37-60(57)67-61(46)38-41(2)62-49-26-7-9-28-51(49)63(42-20-5-4-6-21-42)52-29-10-8-27-50(52)62)65-55-32-13-11-30-53(55)64(54-31-12-14-33-56(54)65)43-22-19-23-45(39-43)66-58-34-17-15-24-47(58)48-25-16-18-35-59(48)66/h3-40H,1H2,2H3/b41-38+. The van der Waals surface area contributed by atoms with Crippen LogP contribution in [-0.4, -0.2) is 4.57 Å². The van der Waals surface area contributed by atoms with Crippen LogP contribution >= 0.6 is 0 Å². The molecule has 2 aromatic heterocycles. The van der Waals surface area contributed by atoms with Crippen molar-refractivity contribution in [2.75, 3.05) is 0 Å². The fourth-order valence-corrected chi connectivity index (χ4v) is 11.1. The number of hydrogen-bond acceptors (Lipinski definition) is 1. The van der Waals surface area contributed by atoms with Crippen molar-refractivity contribution in [3.8, 4) is 39.1 Å². The molecule has 0 bridgehead atoms. The largest absolute Gasteiger partial charge is 0.456 e. The first-order valence-corrected chi connectivity index (χ1v) is 23.0. The van der Waals surface area contributed by atoms with E-state index in [0.29, 0.717) is 0 Å². The summed E-state index contributed by atoms with van der Waals surface area (Å²) in [6.07, 6.45) is 4.16. The van der Waals surface area contributed by atoms with E-state index in [-0.39, 0.29) is 0 Å². The lowest BCUT2D eigenvalue weighted by Gasteiger charge is -2.18. The van der Waals surface area contributed by atoms with Crippen LogP contribution in [0, 0.1) is 0 Å². The summed E-state index contributed by atoms with van der Waals surface area (Å²) in [6.45, 7) is 6.56. The number of fused-ring (bicyclic) bond motifs is 8. The summed E-state index contributed by atoms with van der Waals surface area (Å²) in [5.41, 5.74) is 14.9. The zero-order chi connectivity index (χ0) is 44.6. The quantitative estimate of drug-likeness (QED) is 0.146. The highest BCUT2D eigenvalue weighted by atomic mass is 16.3. The molecule has 0 saturated heterocycles. The van der Waals surface area contributed by atoms with E-state index in [0.717, 1.165) is 39.1 Å². The number of hydrogen-bond donors (Lipinski definition) is 0. The molecule has 0 amide bonds. The van der Waals surface area contributed by atoms with E-state index in [4.69, 9.17) is 4.42 Å². The van der Waals surface area contributed by atoms with E-state index in [1.807, 2.05) is 6.08 Å². The Morgan fingerprint density at radius 3 is 1.37 bits per heavy atom. The first kappa shape index (κ1) is 38.7. The van der Waals surface area contributed by atoms with Crippen LogP contribution in [0.3, 0.4) is 0 Å². The molecule has 13 rings (SSSR count). The fraction of sp³-hybridized carbons (Fsp3) is 0.0154. The average Bonchev–Trinajstić information content (AvgIpc) is 3.91. The van der Waals surface area contributed by atoms with Gasteiger partial charge >= 0.3 is 0 Å². The minimum Gasteiger partial charge on any atom is -0.456 e. The Morgan fingerprint density at radius 2 is 0.836 bits per heavy atom. The second-order valence-electron chi connectivity index (χ2n) is 17.6. The smallest absolute Gasteiger partial charge is 0.135 e. The van der Waals surface area contributed by atoms with Crippen molar-refractivity contribution in [1.82, 2.24) is 4.57 Å². The molecular formula is C65H43NO. The molecule has 0 atom stereocenters. The molecular weight excluding hydrogens is 811 g/mol. The number of furan rings is 1. The second kappa shape index (κ2) is 15.5. The van der Waals surface area contributed by atoms with Gasteiger partial charge in [0.1, 0.15) is 11.3 Å². The van der Waals surface area contributed by atoms with Gasteiger partial charge in [-0.3, -0.25) is 0 Å². The predicted octanol–water partition coefficient (Wildman–Crippen LogP) is 18.3. The Balaban J connectivity index is 0.971. The Bertz CT molecular complexity index is 4010. The van der Waals surface area contributed by atoms with E-state index in [1.54, 1.807) is 0 Å². The van der Waals surface area contributed by atoms with Gasteiger partial charge in [-0.1, -0.05) is 195 Å². The monoisotopic (exact) mass is 853 g/mol. The third kappa shape index (κ3) is 6.04. The van der Waals surface area contributed by atoms with Crippen LogP contribution in [-0.2, 0) is 0 Å². The Labute approximate surface area is 388 Å². The van der Waals surface area contributed by atoms with Crippen LogP contribution in [0.25, 0.3) is 133 Å². The molecule has 0 radical (unpaired) electrons. The van der Waals surface area contributed by atoms with Gasteiger partial charge in [-0.25, -0.2) is 0 Å². The highest BCUT2D eigenvalue weighted by Crippen LogP contribution is 2.47. The number of aromatic nitrogens is 1.